The highest BCUT2D eigenvalue weighted by molar-refractivity contribution is 6.16. The molecule has 19 heavy (non-hydrogen) atoms. The van der Waals surface area contributed by atoms with Gasteiger partial charge in [-0.05, 0) is 18.6 Å². The van der Waals surface area contributed by atoms with E-state index in [9.17, 15) is 0 Å². The molecule has 0 N–H and O–H groups in total. The van der Waals surface area contributed by atoms with Crippen LogP contribution < -0.4 is 0 Å². The number of fused-ring (bicyclic) bond motifs is 1. The van der Waals surface area contributed by atoms with E-state index in [4.69, 9.17) is 11.6 Å². The quantitative estimate of drug-likeness (QED) is 0.672. The van der Waals surface area contributed by atoms with Crippen LogP contribution in [0.3, 0.4) is 0 Å². The van der Waals surface area contributed by atoms with Crippen molar-refractivity contribution < 1.29 is 0 Å². The van der Waals surface area contributed by atoms with E-state index in [2.05, 4.69) is 25.9 Å². The lowest BCUT2D eigenvalue weighted by molar-refractivity contribution is 0.514. The van der Waals surface area contributed by atoms with Gasteiger partial charge in [-0.15, -0.1) is 16.7 Å². The van der Waals surface area contributed by atoms with Gasteiger partial charge in [0.15, 0.2) is 0 Å². The summed E-state index contributed by atoms with van der Waals surface area (Å²) in [5.41, 5.74) is 2.13. The summed E-state index contributed by atoms with van der Waals surface area (Å²) in [6.45, 7) is 1.72. The Morgan fingerprint density at radius 2 is 2.05 bits per heavy atom. The van der Waals surface area contributed by atoms with Crippen molar-refractivity contribution in [3.05, 3.63) is 42.5 Å². The third-order valence-electron chi connectivity index (χ3n) is 3.09. The average molecular weight is 276 g/mol. The number of alkyl halides is 1. The molecule has 0 atom stereocenters. The minimum atomic E-state index is 0.429. The Labute approximate surface area is 115 Å². The molecule has 0 radical (unpaired) electrons. The highest BCUT2D eigenvalue weighted by atomic mass is 35.5. The number of rotatable bonds is 5. The molecule has 5 nitrogen and oxygen atoms in total. The molecule has 0 bridgehead atoms. The first kappa shape index (κ1) is 12.2. The lowest BCUT2D eigenvalue weighted by atomic mass is 10.3. The van der Waals surface area contributed by atoms with Gasteiger partial charge in [-0.3, -0.25) is 4.68 Å². The van der Waals surface area contributed by atoms with Crippen LogP contribution in [-0.4, -0.2) is 24.5 Å². The maximum Gasteiger partial charge on any atom is 0.124 e. The van der Waals surface area contributed by atoms with Gasteiger partial charge in [0.25, 0.3) is 0 Å². The number of halogens is 1. The molecule has 0 aliphatic heterocycles. The molecule has 2 heterocycles. The van der Waals surface area contributed by atoms with Gasteiger partial charge in [-0.2, -0.15) is 0 Å². The number of hydrogen-bond acceptors (Lipinski definition) is 3. The Kier molecular flexibility index (Phi) is 3.46. The molecule has 0 aliphatic carbocycles. The van der Waals surface area contributed by atoms with Gasteiger partial charge in [0.2, 0.25) is 0 Å². The summed E-state index contributed by atoms with van der Waals surface area (Å²) in [5.74, 6) is 1.35. The maximum atomic E-state index is 5.97. The molecule has 0 saturated heterocycles. The Morgan fingerprint density at radius 3 is 2.84 bits per heavy atom. The molecule has 3 rings (SSSR count). The molecule has 0 fully saturated rings. The number of para-hydroxylation sites is 2. The van der Waals surface area contributed by atoms with Gasteiger partial charge in [-0.1, -0.05) is 17.3 Å². The molecule has 3 aromatic rings. The summed E-state index contributed by atoms with van der Waals surface area (Å²) < 4.78 is 4.01. The smallest absolute Gasteiger partial charge is 0.124 e. The summed E-state index contributed by atoms with van der Waals surface area (Å²) in [6, 6.07) is 8.11. The predicted molar refractivity (Wildman–Crippen MR) is 73.9 cm³/mol. The van der Waals surface area contributed by atoms with Gasteiger partial charge in [0.05, 0.1) is 23.1 Å². The van der Waals surface area contributed by atoms with Crippen LogP contribution in [0.15, 0.2) is 36.7 Å². The van der Waals surface area contributed by atoms with Crippen LogP contribution in [0.2, 0.25) is 0 Å². The van der Waals surface area contributed by atoms with Crippen molar-refractivity contribution >= 4 is 22.6 Å². The van der Waals surface area contributed by atoms with E-state index < -0.39 is 0 Å². The largest absolute Gasteiger partial charge is 0.327 e. The van der Waals surface area contributed by atoms with Gasteiger partial charge >= 0.3 is 0 Å². The van der Waals surface area contributed by atoms with Crippen LogP contribution in [0.4, 0.5) is 0 Å². The highest BCUT2D eigenvalue weighted by Crippen LogP contribution is 2.17. The molecular weight excluding hydrogens is 262 g/mol. The van der Waals surface area contributed by atoms with Crippen LogP contribution in [0.25, 0.3) is 11.0 Å². The van der Waals surface area contributed by atoms with Crippen molar-refractivity contribution in [3.63, 3.8) is 0 Å². The van der Waals surface area contributed by atoms with Gasteiger partial charge in [-0.25, -0.2) is 4.98 Å². The zero-order valence-electron chi connectivity index (χ0n) is 10.4. The molecular formula is C13H14ClN5. The Hall–Kier alpha value is -1.88. The predicted octanol–water partition coefficient (Wildman–Crippen LogP) is 2.46. The number of imidazole rings is 1. The Morgan fingerprint density at radius 1 is 1.16 bits per heavy atom. The van der Waals surface area contributed by atoms with Crippen LogP contribution in [0.5, 0.6) is 0 Å². The van der Waals surface area contributed by atoms with Gasteiger partial charge in [0, 0.05) is 19.3 Å². The Balaban J connectivity index is 1.79. The fourth-order valence-electron chi connectivity index (χ4n) is 2.22. The molecule has 6 heteroatoms. The molecule has 0 saturated carbocycles. The van der Waals surface area contributed by atoms with E-state index in [1.54, 1.807) is 6.20 Å². The minimum absolute atomic E-state index is 0.429. The normalized spacial score (nSPS) is 11.2. The van der Waals surface area contributed by atoms with Crippen molar-refractivity contribution in [2.24, 2.45) is 0 Å². The summed E-state index contributed by atoms with van der Waals surface area (Å²) in [7, 11) is 0. The molecule has 0 aliphatic rings. The molecule has 0 spiro atoms. The highest BCUT2D eigenvalue weighted by Gasteiger charge is 2.08. The van der Waals surface area contributed by atoms with Crippen LogP contribution in [-0.2, 0) is 19.0 Å². The van der Waals surface area contributed by atoms with Crippen LogP contribution in [0, 0.1) is 0 Å². The average Bonchev–Trinajstić information content (AvgIpc) is 3.06. The van der Waals surface area contributed by atoms with E-state index >= 15 is 0 Å². The summed E-state index contributed by atoms with van der Waals surface area (Å²) in [6.07, 6.45) is 4.53. The molecule has 98 valence electrons. The van der Waals surface area contributed by atoms with Crippen LogP contribution in [0.1, 0.15) is 12.2 Å². The lowest BCUT2D eigenvalue weighted by Crippen LogP contribution is -2.07. The van der Waals surface area contributed by atoms with Crippen molar-refractivity contribution in [1.29, 1.82) is 0 Å². The second-order valence-corrected chi connectivity index (χ2v) is 4.59. The lowest BCUT2D eigenvalue weighted by Gasteiger charge is -2.07. The summed E-state index contributed by atoms with van der Waals surface area (Å²) >= 11 is 5.97. The number of aromatic nitrogens is 5. The zero-order valence-corrected chi connectivity index (χ0v) is 11.2. The van der Waals surface area contributed by atoms with E-state index in [1.807, 2.05) is 29.1 Å². The van der Waals surface area contributed by atoms with Crippen LogP contribution >= 0.6 is 11.6 Å². The number of nitrogens with zero attached hydrogens (tertiary/aromatic N) is 5. The second-order valence-electron chi connectivity index (χ2n) is 4.32. The fraction of sp³-hybridized carbons (Fsp3) is 0.308. The van der Waals surface area contributed by atoms with E-state index in [0.29, 0.717) is 5.88 Å². The SMILES string of the molecule is ClCc1nc2ccccc2n1CCCn1ccnn1. The topological polar surface area (TPSA) is 48.5 Å². The molecule has 0 unspecified atom stereocenters. The van der Waals surface area contributed by atoms with E-state index in [0.717, 1.165) is 36.4 Å². The maximum absolute atomic E-state index is 5.97. The first-order valence-corrected chi connectivity index (χ1v) is 6.76. The standard InChI is InChI=1S/C13H14ClN5/c14-10-13-16-11-4-1-2-5-12(11)19(13)8-3-7-18-9-6-15-17-18/h1-2,4-6,9H,3,7-8,10H2. The second kappa shape index (κ2) is 5.40. The molecule has 1 aromatic carbocycles. The van der Waals surface area contributed by atoms with Crippen molar-refractivity contribution in [1.82, 2.24) is 24.5 Å². The van der Waals surface area contributed by atoms with Gasteiger partial charge in [0.1, 0.15) is 5.82 Å². The van der Waals surface area contributed by atoms with Gasteiger partial charge < -0.3 is 4.57 Å². The van der Waals surface area contributed by atoms with E-state index in [1.165, 1.54) is 0 Å². The Bertz CT molecular complexity index is 659. The first-order valence-electron chi connectivity index (χ1n) is 6.22. The number of aryl methyl sites for hydroxylation is 2. The van der Waals surface area contributed by atoms with Crippen molar-refractivity contribution in [2.75, 3.05) is 0 Å². The number of benzene rings is 1. The fourth-order valence-corrected chi connectivity index (χ4v) is 2.42. The summed E-state index contributed by atoms with van der Waals surface area (Å²) in [5, 5.41) is 7.75. The first-order chi connectivity index (χ1) is 9.38. The molecule has 0 amide bonds. The van der Waals surface area contributed by atoms with Crippen molar-refractivity contribution in [2.45, 2.75) is 25.4 Å². The zero-order chi connectivity index (χ0) is 13.1. The third-order valence-corrected chi connectivity index (χ3v) is 3.33. The monoisotopic (exact) mass is 275 g/mol. The van der Waals surface area contributed by atoms with E-state index in [-0.39, 0.29) is 0 Å². The summed E-state index contributed by atoms with van der Waals surface area (Å²) in [4.78, 5) is 4.54. The molecule has 2 aromatic heterocycles. The third kappa shape index (κ3) is 2.46. The van der Waals surface area contributed by atoms with Crippen molar-refractivity contribution in [3.8, 4) is 0 Å². The minimum Gasteiger partial charge on any atom is -0.327 e. The number of hydrogen-bond donors (Lipinski definition) is 0.